The number of piperidine rings is 1. The van der Waals surface area contributed by atoms with Crippen molar-refractivity contribution in [1.29, 1.82) is 0 Å². The maximum Gasteiger partial charge on any atom is 0.335 e. The number of carboxylic acid groups (broad SMARTS) is 1. The van der Waals surface area contributed by atoms with Gasteiger partial charge in [-0.15, -0.1) is 0 Å². The zero-order chi connectivity index (χ0) is 17.7. The molecular weight excluding hydrogens is 314 g/mol. The molecule has 1 aliphatic rings. The number of amides is 1. The summed E-state index contributed by atoms with van der Waals surface area (Å²) >= 11 is 0. The average molecular weight is 337 g/mol. The number of ether oxygens (including phenoxy) is 2. The van der Waals surface area contributed by atoms with Crippen LogP contribution in [0.1, 0.15) is 36.5 Å². The van der Waals surface area contributed by atoms with Crippen LogP contribution < -0.4 is 9.47 Å². The third-order valence-corrected chi connectivity index (χ3v) is 4.16. The Labute approximate surface area is 140 Å². The Bertz CT molecular complexity index is 607. The van der Waals surface area contributed by atoms with E-state index < -0.39 is 11.6 Å². The van der Waals surface area contributed by atoms with Gasteiger partial charge >= 0.3 is 5.97 Å². The van der Waals surface area contributed by atoms with Gasteiger partial charge in [0.25, 0.3) is 5.91 Å². The highest BCUT2D eigenvalue weighted by molar-refractivity contribution is 5.97. The van der Waals surface area contributed by atoms with E-state index in [4.69, 9.17) is 14.6 Å². The fraction of sp³-hybridized carbons (Fsp3) is 0.529. The number of benzene rings is 1. The molecule has 1 saturated heterocycles. The molecule has 1 heterocycles. The normalized spacial score (nSPS) is 16.5. The minimum atomic E-state index is -1.75. The molecule has 132 valence electrons. The number of carbonyl (C=O) groups excluding carboxylic acids is 1. The molecule has 24 heavy (non-hydrogen) atoms. The van der Waals surface area contributed by atoms with E-state index in [1.165, 1.54) is 12.0 Å². The lowest BCUT2D eigenvalue weighted by Crippen LogP contribution is -2.50. The van der Waals surface area contributed by atoms with Gasteiger partial charge in [0, 0.05) is 32.0 Å². The summed E-state index contributed by atoms with van der Waals surface area (Å²) in [6.45, 7) is 2.81. The Hall–Kier alpha value is -2.28. The summed E-state index contributed by atoms with van der Waals surface area (Å²) in [5, 5.41) is 19.0. The van der Waals surface area contributed by atoms with Crippen molar-refractivity contribution in [3.8, 4) is 11.5 Å². The predicted octanol–water partition coefficient (Wildman–Crippen LogP) is 1.54. The van der Waals surface area contributed by atoms with Crippen molar-refractivity contribution >= 4 is 11.9 Å². The molecule has 1 amide bonds. The third kappa shape index (κ3) is 3.79. The zero-order valence-electron chi connectivity index (χ0n) is 13.9. The molecule has 0 radical (unpaired) electrons. The molecule has 1 aromatic rings. The van der Waals surface area contributed by atoms with Crippen LogP contribution in [0.2, 0.25) is 0 Å². The number of methoxy groups -OCH3 is 1. The van der Waals surface area contributed by atoms with Gasteiger partial charge in [0.1, 0.15) is 11.5 Å². The molecule has 2 N–H and O–H groups in total. The number of rotatable bonds is 6. The van der Waals surface area contributed by atoms with E-state index in [9.17, 15) is 14.7 Å². The first-order valence-corrected chi connectivity index (χ1v) is 7.97. The highest BCUT2D eigenvalue weighted by Crippen LogP contribution is 2.29. The molecule has 0 unspecified atom stereocenters. The predicted molar refractivity (Wildman–Crippen MR) is 86.5 cm³/mol. The van der Waals surface area contributed by atoms with E-state index in [-0.39, 0.29) is 31.8 Å². The topological polar surface area (TPSA) is 96.3 Å². The number of aliphatic carboxylic acids is 1. The SMILES string of the molecule is CCCOc1cc(OC)ccc1C(=O)N1CCC(O)(C(=O)O)CC1. The largest absolute Gasteiger partial charge is 0.497 e. The smallest absolute Gasteiger partial charge is 0.335 e. The monoisotopic (exact) mass is 337 g/mol. The molecule has 7 heteroatoms. The number of carboxylic acids is 1. The third-order valence-electron chi connectivity index (χ3n) is 4.16. The number of carbonyl (C=O) groups is 2. The van der Waals surface area contributed by atoms with Crippen LogP contribution in [0.5, 0.6) is 11.5 Å². The first kappa shape index (κ1) is 18.1. The number of aliphatic hydroxyl groups is 1. The minimum absolute atomic E-state index is 0.00930. The molecule has 0 aliphatic carbocycles. The molecule has 0 saturated carbocycles. The minimum Gasteiger partial charge on any atom is -0.497 e. The molecule has 0 atom stereocenters. The summed E-state index contributed by atoms with van der Waals surface area (Å²) in [7, 11) is 1.54. The van der Waals surface area contributed by atoms with E-state index >= 15 is 0 Å². The van der Waals surface area contributed by atoms with Crippen LogP contribution in [0.25, 0.3) is 0 Å². The van der Waals surface area contributed by atoms with Crippen LogP contribution in [0.3, 0.4) is 0 Å². The van der Waals surface area contributed by atoms with E-state index in [0.717, 1.165) is 6.42 Å². The van der Waals surface area contributed by atoms with Crippen LogP contribution >= 0.6 is 0 Å². The maximum absolute atomic E-state index is 12.7. The summed E-state index contributed by atoms with van der Waals surface area (Å²) in [6.07, 6.45) is 0.824. The Morgan fingerprint density at radius 3 is 2.50 bits per heavy atom. The van der Waals surface area contributed by atoms with Crippen molar-refractivity contribution < 1.29 is 29.3 Å². The Morgan fingerprint density at radius 1 is 1.29 bits per heavy atom. The lowest BCUT2D eigenvalue weighted by molar-refractivity contribution is -0.162. The second-order valence-electron chi connectivity index (χ2n) is 5.84. The van der Waals surface area contributed by atoms with Crippen LogP contribution in [0.15, 0.2) is 18.2 Å². The van der Waals surface area contributed by atoms with Gasteiger partial charge in [-0.3, -0.25) is 4.79 Å². The second-order valence-corrected chi connectivity index (χ2v) is 5.84. The van der Waals surface area contributed by atoms with Gasteiger partial charge in [0.05, 0.1) is 19.3 Å². The van der Waals surface area contributed by atoms with E-state index in [2.05, 4.69) is 0 Å². The van der Waals surface area contributed by atoms with Gasteiger partial charge in [0.2, 0.25) is 0 Å². The molecule has 0 spiro atoms. The number of hydrogen-bond donors (Lipinski definition) is 2. The summed E-state index contributed by atoms with van der Waals surface area (Å²) in [6, 6.07) is 4.99. The van der Waals surface area contributed by atoms with Crippen molar-refractivity contribution in [1.82, 2.24) is 4.90 Å². The van der Waals surface area contributed by atoms with Gasteiger partial charge in [-0.25, -0.2) is 4.79 Å². The van der Waals surface area contributed by atoms with Crippen LogP contribution in [-0.4, -0.2) is 59.4 Å². The summed E-state index contributed by atoms with van der Waals surface area (Å²) in [5.74, 6) is -0.445. The second kappa shape index (κ2) is 7.53. The highest BCUT2D eigenvalue weighted by atomic mass is 16.5. The standard InChI is InChI=1S/C17H23NO6/c1-3-10-24-14-11-12(23-2)4-5-13(14)15(19)18-8-6-17(22,7-9-18)16(20)21/h4-5,11,22H,3,6-10H2,1-2H3,(H,20,21). The Kier molecular flexibility index (Phi) is 5.66. The summed E-state index contributed by atoms with van der Waals surface area (Å²) in [4.78, 5) is 25.4. The molecule has 1 aromatic carbocycles. The van der Waals surface area contributed by atoms with Crippen molar-refractivity contribution in [2.45, 2.75) is 31.8 Å². The first-order valence-electron chi connectivity index (χ1n) is 7.97. The van der Waals surface area contributed by atoms with Crippen molar-refractivity contribution in [3.63, 3.8) is 0 Å². The molecule has 1 fully saturated rings. The average Bonchev–Trinajstić information content (AvgIpc) is 2.59. The fourth-order valence-corrected chi connectivity index (χ4v) is 2.60. The lowest BCUT2D eigenvalue weighted by Gasteiger charge is -2.35. The van der Waals surface area contributed by atoms with Crippen LogP contribution in [0.4, 0.5) is 0 Å². The molecular formula is C17H23NO6. The Balaban J connectivity index is 2.16. The number of hydrogen-bond acceptors (Lipinski definition) is 5. The Morgan fingerprint density at radius 2 is 1.96 bits per heavy atom. The lowest BCUT2D eigenvalue weighted by atomic mass is 9.91. The van der Waals surface area contributed by atoms with Gasteiger partial charge in [-0.1, -0.05) is 6.92 Å². The van der Waals surface area contributed by atoms with Crippen molar-refractivity contribution in [3.05, 3.63) is 23.8 Å². The summed E-state index contributed by atoms with van der Waals surface area (Å²) < 4.78 is 10.8. The van der Waals surface area contributed by atoms with Crippen molar-refractivity contribution in [2.75, 3.05) is 26.8 Å². The van der Waals surface area contributed by atoms with Gasteiger partial charge in [-0.2, -0.15) is 0 Å². The number of likely N-dealkylation sites (tertiary alicyclic amines) is 1. The quantitative estimate of drug-likeness (QED) is 0.817. The van der Waals surface area contributed by atoms with Gasteiger partial charge in [-0.05, 0) is 18.6 Å². The van der Waals surface area contributed by atoms with E-state index in [1.54, 1.807) is 18.2 Å². The summed E-state index contributed by atoms with van der Waals surface area (Å²) in [5.41, 5.74) is -1.34. The van der Waals surface area contributed by atoms with Gasteiger partial charge < -0.3 is 24.6 Å². The molecule has 0 bridgehead atoms. The fourth-order valence-electron chi connectivity index (χ4n) is 2.60. The molecule has 2 rings (SSSR count). The molecule has 7 nitrogen and oxygen atoms in total. The van der Waals surface area contributed by atoms with Crippen LogP contribution in [-0.2, 0) is 4.79 Å². The highest BCUT2D eigenvalue weighted by Gasteiger charge is 2.40. The van der Waals surface area contributed by atoms with Gasteiger partial charge in [0.15, 0.2) is 5.60 Å². The van der Waals surface area contributed by atoms with Crippen LogP contribution in [0, 0.1) is 0 Å². The first-order chi connectivity index (χ1) is 11.4. The molecule has 1 aliphatic heterocycles. The zero-order valence-corrected chi connectivity index (χ0v) is 13.9. The number of nitrogens with zero attached hydrogens (tertiary/aromatic N) is 1. The van der Waals surface area contributed by atoms with Crippen molar-refractivity contribution in [2.24, 2.45) is 0 Å². The molecule has 0 aromatic heterocycles. The van der Waals surface area contributed by atoms with E-state index in [0.29, 0.717) is 23.7 Å². The van der Waals surface area contributed by atoms with E-state index in [1.807, 2.05) is 6.92 Å². The maximum atomic E-state index is 12.7.